The predicted octanol–water partition coefficient (Wildman–Crippen LogP) is 4.98. The Bertz CT molecular complexity index is 524. The van der Waals surface area contributed by atoms with Crippen molar-refractivity contribution in [2.24, 2.45) is 0 Å². The summed E-state index contributed by atoms with van der Waals surface area (Å²) in [5, 5.41) is 0. The number of carbonyl (C=O) groups is 1. The average Bonchev–Trinajstić information content (AvgIpc) is 2.47. The Labute approximate surface area is 122 Å². The van der Waals surface area contributed by atoms with E-state index in [1.165, 1.54) is 24.0 Å². The maximum absolute atomic E-state index is 11.8. The molecule has 1 aromatic rings. The first-order valence-corrected chi connectivity index (χ1v) is 7.48. The van der Waals surface area contributed by atoms with E-state index in [2.05, 4.69) is 31.7 Å². The van der Waals surface area contributed by atoms with Crippen molar-refractivity contribution in [1.82, 2.24) is 0 Å². The SMILES string of the molecule is C=C(C1=CCCCC1)[C@@](C)(CC(C)=O)c1ccccc1. The molecule has 106 valence electrons. The van der Waals surface area contributed by atoms with Crippen LogP contribution in [-0.2, 0) is 10.2 Å². The molecule has 1 aliphatic carbocycles. The summed E-state index contributed by atoms with van der Waals surface area (Å²) in [5.41, 5.74) is 3.38. The third-order valence-electron chi connectivity index (χ3n) is 4.36. The van der Waals surface area contributed by atoms with Gasteiger partial charge in [-0.3, -0.25) is 4.79 Å². The van der Waals surface area contributed by atoms with Gasteiger partial charge in [0.05, 0.1) is 0 Å². The molecule has 1 atom stereocenters. The average molecular weight is 268 g/mol. The highest BCUT2D eigenvalue weighted by Gasteiger charge is 2.33. The summed E-state index contributed by atoms with van der Waals surface area (Å²) >= 11 is 0. The van der Waals surface area contributed by atoms with Gasteiger partial charge >= 0.3 is 0 Å². The van der Waals surface area contributed by atoms with Gasteiger partial charge in [0.1, 0.15) is 5.78 Å². The summed E-state index contributed by atoms with van der Waals surface area (Å²) in [5.74, 6) is 0.217. The fourth-order valence-electron chi connectivity index (χ4n) is 3.15. The quantitative estimate of drug-likeness (QED) is 0.736. The van der Waals surface area contributed by atoms with Crippen molar-refractivity contribution in [2.45, 2.75) is 51.4 Å². The highest BCUT2D eigenvalue weighted by atomic mass is 16.1. The van der Waals surface area contributed by atoms with E-state index in [9.17, 15) is 4.79 Å². The molecular weight excluding hydrogens is 244 g/mol. The third kappa shape index (κ3) is 3.09. The van der Waals surface area contributed by atoms with Crippen LogP contribution in [0, 0.1) is 0 Å². The van der Waals surface area contributed by atoms with Crippen molar-refractivity contribution in [3.8, 4) is 0 Å². The van der Waals surface area contributed by atoms with E-state index in [0.717, 1.165) is 18.4 Å². The van der Waals surface area contributed by atoms with Crippen LogP contribution in [0.4, 0.5) is 0 Å². The normalized spacial score (nSPS) is 18.0. The van der Waals surface area contributed by atoms with Crippen molar-refractivity contribution in [1.29, 1.82) is 0 Å². The molecule has 0 saturated heterocycles. The molecular formula is C19H24O. The Morgan fingerprint density at radius 1 is 1.25 bits per heavy atom. The number of ketones is 1. The van der Waals surface area contributed by atoms with Crippen molar-refractivity contribution >= 4 is 5.78 Å². The standard InChI is InChI=1S/C19H24O/c1-15(20)14-19(3,18-12-8-5-9-13-18)16(2)17-10-6-4-7-11-17/h5,8-10,12-13H,2,4,6-7,11,14H2,1,3H3/t19-/m1/s1. The maximum Gasteiger partial charge on any atom is 0.131 e. The van der Waals surface area contributed by atoms with Crippen LogP contribution in [0.3, 0.4) is 0 Å². The second-order valence-electron chi connectivity index (χ2n) is 6.03. The number of hydrogen-bond acceptors (Lipinski definition) is 1. The first-order chi connectivity index (χ1) is 9.54. The van der Waals surface area contributed by atoms with Crippen LogP contribution in [0.2, 0.25) is 0 Å². The van der Waals surface area contributed by atoms with Crippen LogP contribution in [0.15, 0.2) is 54.1 Å². The Morgan fingerprint density at radius 2 is 1.95 bits per heavy atom. The van der Waals surface area contributed by atoms with Gasteiger partial charge in [-0.05, 0) is 49.3 Å². The largest absolute Gasteiger partial charge is 0.300 e. The van der Waals surface area contributed by atoms with E-state index in [1.807, 2.05) is 18.2 Å². The van der Waals surface area contributed by atoms with Gasteiger partial charge in [0.2, 0.25) is 0 Å². The lowest BCUT2D eigenvalue weighted by molar-refractivity contribution is -0.117. The minimum atomic E-state index is -0.281. The van der Waals surface area contributed by atoms with E-state index in [4.69, 9.17) is 0 Å². The first-order valence-electron chi connectivity index (χ1n) is 7.48. The van der Waals surface area contributed by atoms with E-state index in [1.54, 1.807) is 6.92 Å². The predicted molar refractivity (Wildman–Crippen MR) is 84.8 cm³/mol. The molecule has 1 aromatic carbocycles. The smallest absolute Gasteiger partial charge is 0.131 e. The maximum atomic E-state index is 11.8. The summed E-state index contributed by atoms with van der Waals surface area (Å²) in [7, 11) is 0. The summed E-state index contributed by atoms with van der Waals surface area (Å²) in [6.07, 6.45) is 7.57. The van der Waals surface area contributed by atoms with Gasteiger partial charge in [-0.1, -0.05) is 49.9 Å². The van der Waals surface area contributed by atoms with Gasteiger partial charge in [0.25, 0.3) is 0 Å². The molecule has 1 aliphatic rings. The zero-order chi connectivity index (χ0) is 14.6. The molecule has 0 spiro atoms. The highest BCUT2D eigenvalue weighted by Crippen LogP contribution is 2.40. The van der Waals surface area contributed by atoms with E-state index in [-0.39, 0.29) is 11.2 Å². The zero-order valence-corrected chi connectivity index (χ0v) is 12.6. The molecule has 1 heteroatoms. The Kier molecular flexibility index (Phi) is 4.59. The zero-order valence-electron chi connectivity index (χ0n) is 12.6. The third-order valence-corrected chi connectivity index (χ3v) is 4.36. The molecule has 2 rings (SSSR count). The molecule has 0 fully saturated rings. The summed E-state index contributed by atoms with van der Waals surface area (Å²) in [6, 6.07) is 10.3. The molecule has 0 amide bonds. The van der Waals surface area contributed by atoms with Gasteiger partial charge in [-0.15, -0.1) is 0 Å². The van der Waals surface area contributed by atoms with Crippen LogP contribution < -0.4 is 0 Å². The molecule has 1 nitrogen and oxygen atoms in total. The van der Waals surface area contributed by atoms with Crippen LogP contribution in [0.1, 0.15) is 51.5 Å². The van der Waals surface area contributed by atoms with Crippen molar-refractivity contribution in [3.63, 3.8) is 0 Å². The lowest BCUT2D eigenvalue weighted by Crippen LogP contribution is -2.28. The van der Waals surface area contributed by atoms with E-state index >= 15 is 0 Å². The number of benzene rings is 1. The minimum absolute atomic E-state index is 0.217. The molecule has 0 bridgehead atoms. The van der Waals surface area contributed by atoms with Gasteiger partial charge in [0.15, 0.2) is 0 Å². The van der Waals surface area contributed by atoms with Gasteiger partial charge in [0, 0.05) is 11.8 Å². The monoisotopic (exact) mass is 268 g/mol. The molecule has 0 radical (unpaired) electrons. The highest BCUT2D eigenvalue weighted by molar-refractivity contribution is 5.78. The van der Waals surface area contributed by atoms with Crippen molar-refractivity contribution in [2.75, 3.05) is 0 Å². The molecule has 0 saturated carbocycles. The Morgan fingerprint density at radius 3 is 2.50 bits per heavy atom. The van der Waals surface area contributed by atoms with Crippen molar-refractivity contribution in [3.05, 3.63) is 59.7 Å². The van der Waals surface area contributed by atoms with Gasteiger partial charge < -0.3 is 0 Å². The molecule has 20 heavy (non-hydrogen) atoms. The first kappa shape index (κ1) is 14.8. The van der Waals surface area contributed by atoms with Crippen LogP contribution in [0.25, 0.3) is 0 Å². The van der Waals surface area contributed by atoms with Crippen LogP contribution >= 0.6 is 0 Å². The lowest BCUT2D eigenvalue weighted by atomic mass is 9.69. The second-order valence-corrected chi connectivity index (χ2v) is 6.03. The lowest BCUT2D eigenvalue weighted by Gasteiger charge is -2.34. The summed E-state index contributed by atoms with van der Waals surface area (Å²) in [6.45, 7) is 8.18. The molecule has 0 N–H and O–H groups in total. The van der Waals surface area contributed by atoms with Crippen LogP contribution in [0.5, 0.6) is 0 Å². The van der Waals surface area contributed by atoms with E-state index in [0.29, 0.717) is 6.42 Å². The van der Waals surface area contributed by atoms with E-state index < -0.39 is 0 Å². The number of carbonyl (C=O) groups excluding carboxylic acids is 1. The number of hydrogen-bond donors (Lipinski definition) is 0. The topological polar surface area (TPSA) is 17.1 Å². The molecule has 0 aromatic heterocycles. The molecule has 0 unspecified atom stereocenters. The fourth-order valence-corrected chi connectivity index (χ4v) is 3.15. The number of Topliss-reactive ketones (excluding diaryl/α,β-unsaturated/α-hetero) is 1. The van der Waals surface area contributed by atoms with Gasteiger partial charge in [-0.25, -0.2) is 0 Å². The Balaban J connectivity index is 2.39. The van der Waals surface area contributed by atoms with Gasteiger partial charge in [-0.2, -0.15) is 0 Å². The summed E-state index contributed by atoms with van der Waals surface area (Å²) < 4.78 is 0. The fraction of sp³-hybridized carbons (Fsp3) is 0.421. The number of allylic oxidation sites excluding steroid dienone is 3. The number of rotatable bonds is 5. The minimum Gasteiger partial charge on any atom is -0.300 e. The second kappa shape index (κ2) is 6.21. The molecule has 0 aliphatic heterocycles. The molecule has 0 heterocycles. The summed E-state index contributed by atoms with van der Waals surface area (Å²) in [4.78, 5) is 11.8. The Hall–Kier alpha value is -1.63. The van der Waals surface area contributed by atoms with Crippen LogP contribution in [-0.4, -0.2) is 5.78 Å². The van der Waals surface area contributed by atoms with Crippen molar-refractivity contribution < 1.29 is 4.79 Å².